The van der Waals surface area contributed by atoms with Gasteiger partial charge in [-0.3, -0.25) is 4.98 Å². The number of hydrogen-bond acceptors (Lipinski definition) is 4. The number of nitrogens with one attached hydrogen (secondary N) is 1. The third kappa shape index (κ3) is 2.90. The highest BCUT2D eigenvalue weighted by Gasteiger charge is 2.22. The van der Waals surface area contributed by atoms with Gasteiger partial charge >= 0.3 is 0 Å². The minimum Gasteiger partial charge on any atom is -0.505 e. The standard InChI is InChI=1S/C22H20N2O2/c1-2-15-7-3-4-9-18(15)24-21(19-10-6-14-26-19)17-12-11-16-8-5-13-23-20(16)22(17)25/h3-14,21,24-25H,2H2,1H3. The summed E-state index contributed by atoms with van der Waals surface area (Å²) in [5.41, 5.74) is 3.56. The largest absolute Gasteiger partial charge is 0.505 e. The summed E-state index contributed by atoms with van der Waals surface area (Å²) in [4.78, 5) is 4.34. The van der Waals surface area contributed by atoms with E-state index in [2.05, 4.69) is 23.3 Å². The highest BCUT2D eigenvalue weighted by atomic mass is 16.3. The maximum absolute atomic E-state index is 10.9. The lowest BCUT2D eigenvalue weighted by atomic mass is 9.99. The zero-order valence-corrected chi connectivity index (χ0v) is 14.5. The molecule has 4 aromatic rings. The molecule has 0 fully saturated rings. The molecule has 0 bridgehead atoms. The first kappa shape index (κ1) is 16.2. The van der Waals surface area contributed by atoms with Gasteiger partial charge in [0.1, 0.15) is 23.1 Å². The molecule has 0 spiro atoms. The first-order valence-electron chi connectivity index (χ1n) is 8.72. The molecule has 0 saturated carbocycles. The molecule has 26 heavy (non-hydrogen) atoms. The van der Waals surface area contributed by atoms with E-state index in [1.165, 1.54) is 5.56 Å². The molecule has 1 unspecified atom stereocenters. The summed E-state index contributed by atoms with van der Waals surface area (Å²) in [5, 5.41) is 15.3. The molecular formula is C22H20N2O2. The number of fused-ring (bicyclic) bond motifs is 1. The molecule has 4 rings (SSSR count). The van der Waals surface area contributed by atoms with Crippen LogP contribution in [0.2, 0.25) is 0 Å². The van der Waals surface area contributed by atoms with Crippen LogP contribution in [-0.4, -0.2) is 10.1 Å². The van der Waals surface area contributed by atoms with Crippen LogP contribution in [0.5, 0.6) is 5.75 Å². The fourth-order valence-corrected chi connectivity index (χ4v) is 3.26. The van der Waals surface area contributed by atoms with Crippen molar-refractivity contribution in [2.24, 2.45) is 0 Å². The Kier molecular flexibility index (Phi) is 4.32. The summed E-state index contributed by atoms with van der Waals surface area (Å²) >= 11 is 0. The normalized spacial score (nSPS) is 12.2. The van der Waals surface area contributed by atoms with E-state index in [1.54, 1.807) is 12.5 Å². The number of aromatic hydroxyl groups is 1. The Morgan fingerprint density at radius 1 is 1.04 bits per heavy atom. The van der Waals surface area contributed by atoms with Gasteiger partial charge in [0, 0.05) is 22.8 Å². The highest BCUT2D eigenvalue weighted by molar-refractivity contribution is 5.86. The molecule has 0 saturated heterocycles. The Morgan fingerprint density at radius 3 is 2.73 bits per heavy atom. The third-order valence-corrected chi connectivity index (χ3v) is 4.62. The predicted molar refractivity (Wildman–Crippen MR) is 103 cm³/mol. The first-order chi connectivity index (χ1) is 12.8. The lowest BCUT2D eigenvalue weighted by Gasteiger charge is -2.21. The van der Waals surface area contributed by atoms with E-state index in [0.717, 1.165) is 28.8 Å². The van der Waals surface area contributed by atoms with Crippen molar-refractivity contribution in [3.63, 3.8) is 0 Å². The Morgan fingerprint density at radius 2 is 1.92 bits per heavy atom. The van der Waals surface area contributed by atoms with Gasteiger partial charge in [-0.15, -0.1) is 0 Å². The number of pyridine rings is 1. The van der Waals surface area contributed by atoms with E-state index < -0.39 is 0 Å². The van der Waals surface area contributed by atoms with Crippen LogP contribution in [0.25, 0.3) is 10.9 Å². The Balaban J connectivity index is 1.83. The molecule has 2 N–H and O–H groups in total. The fraction of sp³-hybridized carbons (Fsp3) is 0.136. The first-order valence-corrected chi connectivity index (χ1v) is 8.72. The zero-order chi connectivity index (χ0) is 17.9. The van der Waals surface area contributed by atoms with Gasteiger partial charge in [-0.25, -0.2) is 0 Å². The summed E-state index contributed by atoms with van der Waals surface area (Å²) in [6.07, 6.45) is 4.25. The van der Waals surface area contributed by atoms with Gasteiger partial charge in [-0.1, -0.05) is 43.3 Å². The Labute approximate surface area is 152 Å². The number of aryl methyl sites for hydroxylation is 1. The summed E-state index contributed by atoms with van der Waals surface area (Å²) in [6, 6.07) is 19.3. The number of furan rings is 1. The number of rotatable bonds is 5. The number of para-hydroxylation sites is 1. The zero-order valence-electron chi connectivity index (χ0n) is 14.5. The van der Waals surface area contributed by atoms with Crippen molar-refractivity contribution in [1.29, 1.82) is 0 Å². The van der Waals surface area contributed by atoms with E-state index in [0.29, 0.717) is 5.52 Å². The molecule has 4 heteroatoms. The number of hydrogen-bond donors (Lipinski definition) is 2. The number of phenolic OH excluding ortho intramolecular Hbond substituents is 1. The van der Waals surface area contributed by atoms with Gasteiger partial charge in [0.15, 0.2) is 0 Å². The van der Waals surface area contributed by atoms with Gasteiger partial charge in [0.05, 0.1) is 6.26 Å². The van der Waals surface area contributed by atoms with Crippen molar-refractivity contribution in [2.45, 2.75) is 19.4 Å². The van der Waals surface area contributed by atoms with Crippen molar-refractivity contribution in [3.05, 3.63) is 90.0 Å². The minimum atomic E-state index is -0.316. The van der Waals surface area contributed by atoms with Crippen LogP contribution in [0, 0.1) is 0 Å². The van der Waals surface area contributed by atoms with E-state index >= 15 is 0 Å². The summed E-state index contributed by atoms with van der Waals surface area (Å²) < 4.78 is 5.67. The summed E-state index contributed by atoms with van der Waals surface area (Å²) in [7, 11) is 0. The minimum absolute atomic E-state index is 0.172. The van der Waals surface area contributed by atoms with E-state index in [4.69, 9.17) is 4.42 Å². The lowest BCUT2D eigenvalue weighted by molar-refractivity contribution is 0.458. The van der Waals surface area contributed by atoms with Crippen LogP contribution in [-0.2, 0) is 6.42 Å². The van der Waals surface area contributed by atoms with Crippen molar-refractivity contribution in [1.82, 2.24) is 4.98 Å². The molecule has 0 amide bonds. The molecule has 0 aliphatic rings. The van der Waals surface area contributed by atoms with Crippen LogP contribution in [0.3, 0.4) is 0 Å². The number of anilines is 1. The van der Waals surface area contributed by atoms with Crippen LogP contribution < -0.4 is 5.32 Å². The molecule has 2 aromatic carbocycles. The molecule has 0 radical (unpaired) electrons. The maximum Gasteiger partial charge on any atom is 0.147 e. The Bertz CT molecular complexity index is 1030. The molecule has 1 atom stereocenters. The van der Waals surface area contributed by atoms with Crippen molar-refractivity contribution in [2.75, 3.05) is 5.32 Å². The second kappa shape index (κ2) is 6.92. The second-order valence-corrected chi connectivity index (χ2v) is 6.18. The fourth-order valence-electron chi connectivity index (χ4n) is 3.26. The molecule has 0 aliphatic carbocycles. The smallest absolute Gasteiger partial charge is 0.147 e. The summed E-state index contributed by atoms with van der Waals surface area (Å²) in [5.74, 6) is 0.910. The number of nitrogens with zero attached hydrogens (tertiary/aromatic N) is 1. The van der Waals surface area contributed by atoms with Crippen LogP contribution >= 0.6 is 0 Å². The molecule has 0 aliphatic heterocycles. The number of phenols is 1. The topological polar surface area (TPSA) is 58.3 Å². The average molecular weight is 344 g/mol. The van der Waals surface area contributed by atoms with Gasteiger partial charge in [-0.2, -0.15) is 0 Å². The predicted octanol–water partition coefficient (Wildman–Crippen LogP) is 5.30. The summed E-state index contributed by atoms with van der Waals surface area (Å²) in [6.45, 7) is 2.12. The second-order valence-electron chi connectivity index (χ2n) is 6.18. The highest BCUT2D eigenvalue weighted by Crippen LogP contribution is 2.37. The molecule has 2 aromatic heterocycles. The third-order valence-electron chi connectivity index (χ3n) is 4.62. The molecular weight excluding hydrogens is 324 g/mol. The van der Waals surface area contributed by atoms with Crippen LogP contribution in [0.1, 0.15) is 29.9 Å². The van der Waals surface area contributed by atoms with E-state index in [9.17, 15) is 5.11 Å². The van der Waals surface area contributed by atoms with Gasteiger partial charge in [0.25, 0.3) is 0 Å². The van der Waals surface area contributed by atoms with Crippen molar-refractivity contribution in [3.8, 4) is 5.75 Å². The molecule has 4 nitrogen and oxygen atoms in total. The van der Waals surface area contributed by atoms with Crippen molar-refractivity contribution >= 4 is 16.6 Å². The maximum atomic E-state index is 10.9. The monoisotopic (exact) mass is 344 g/mol. The number of aromatic nitrogens is 1. The molecule has 130 valence electrons. The van der Waals surface area contributed by atoms with E-state index in [1.807, 2.05) is 54.6 Å². The van der Waals surface area contributed by atoms with Gasteiger partial charge in [-0.05, 0) is 36.2 Å². The average Bonchev–Trinajstić information content (AvgIpc) is 3.22. The van der Waals surface area contributed by atoms with Gasteiger partial charge < -0.3 is 14.8 Å². The Hall–Kier alpha value is -3.27. The lowest BCUT2D eigenvalue weighted by Crippen LogP contribution is -2.13. The SMILES string of the molecule is CCc1ccccc1NC(c1ccco1)c1ccc2cccnc2c1O. The number of benzene rings is 2. The quantitative estimate of drug-likeness (QED) is 0.516. The van der Waals surface area contributed by atoms with Crippen molar-refractivity contribution < 1.29 is 9.52 Å². The van der Waals surface area contributed by atoms with Crippen LogP contribution in [0.4, 0.5) is 5.69 Å². The van der Waals surface area contributed by atoms with Gasteiger partial charge in [0.2, 0.25) is 0 Å². The van der Waals surface area contributed by atoms with E-state index in [-0.39, 0.29) is 11.8 Å². The molecule has 2 heterocycles. The van der Waals surface area contributed by atoms with Crippen LogP contribution in [0.15, 0.2) is 77.5 Å².